The second kappa shape index (κ2) is 7.63. The Bertz CT molecular complexity index is 232. The van der Waals surface area contributed by atoms with Gasteiger partial charge in [-0.05, 0) is 26.8 Å². The van der Waals surface area contributed by atoms with Crippen LogP contribution in [0.5, 0.6) is 0 Å². The van der Waals surface area contributed by atoms with Gasteiger partial charge in [0, 0.05) is 32.8 Å². The highest BCUT2D eigenvalue weighted by atomic mass is 16.5. The van der Waals surface area contributed by atoms with Crippen LogP contribution >= 0.6 is 0 Å². The number of ether oxygens (including phenoxy) is 1. The lowest BCUT2D eigenvalue weighted by atomic mass is 10.3. The van der Waals surface area contributed by atoms with Gasteiger partial charge in [-0.1, -0.05) is 0 Å². The van der Waals surface area contributed by atoms with Gasteiger partial charge in [0.15, 0.2) is 0 Å². The molecule has 1 amide bonds. The van der Waals surface area contributed by atoms with E-state index in [1.807, 2.05) is 6.92 Å². The van der Waals surface area contributed by atoms with Crippen molar-refractivity contribution in [3.05, 3.63) is 0 Å². The molecule has 0 bridgehead atoms. The van der Waals surface area contributed by atoms with Gasteiger partial charge in [0.1, 0.15) is 0 Å². The number of hydrogen-bond acceptors (Lipinski definition) is 4. The summed E-state index contributed by atoms with van der Waals surface area (Å²) in [6.45, 7) is 5.31. The molecule has 100 valence electrons. The van der Waals surface area contributed by atoms with Crippen LogP contribution in [0.15, 0.2) is 0 Å². The Hall–Kier alpha value is -0.650. The molecule has 1 fully saturated rings. The number of nitrogens with zero attached hydrogens (tertiary/aromatic N) is 1. The molecule has 0 saturated heterocycles. The SMILES string of the molecule is COCCN(C)CCNC(C)C(=O)NC1CC1. The van der Waals surface area contributed by atoms with Crippen molar-refractivity contribution in [2.75, 3.05) is 40.4 Å². The summed E-state index contributed by atoms with van der Waals surface area (Å²) in [6, 6.07) is 0.336. The Kier molecular flexibility index (Phi) is 6.47. The highest BCUT2D eigenvalue weighted by molar-refractivity contribution is 5.81. The lowest BCUT2D eigenvalue weighted by Crippen LogP contribution is -2.45. The minimum atomic E-state index is -0.105. The van der Waals surface area contributed by atoms with Crippen LogP contribution < -0.4 is 10.6 Å². The van der Waals surface area contributed by atoms with E-state index in [1.165, 1.54) is 0 Å². The predicted octanol–water partition coefficient (Wildman–Crippen LogP) is -0.179. The standard InChI is InChI=1S/C12H25N3O2/c1-10(12(16)14-11-4-5-11)13-6-7-15(2)8-9-17-3/h10-11,13H,4-9H2,1-3H3,(H,14,16). The van der Waals surface area contributed by atoms with Crippen LogP contribution in [-0.2, 0) is 9.53 Å². The molecule has 5 nitrogen and oxygen atoms in total. The van der Waals surface area contributed by atoms with E-state index < -0.39 is 0 Å². The number of nitrogens with one attached hydrogen (secondary N) is 2. The van der Waals surface area contributed by atoms with Gasteiger partial charge in [-0.25, -0.2) is 0 Å². The van der Waals surface area contributed by atoms with Crippen LogP contribution in [0.2, 0.25) is 0 Å². The second-order valence-electron chi connectivity index (χ2n) is 4.75. The molecule has 1 atom stereocenters. The third-order valence-electron chi connectivity index (χ3n) is 2.94. The molecular weight excluding hydrogens is 218 g/mol. The molecule has 0 spiro atoms. The van der Waals surface area contributed by atoms with E-state index in [2.05, 4.69) is 22.6 Å². The molecule has 0 heterocycles. The summed E-state index contributed by atoms with van der Waals surface area (Å²) in [7, 11) is 3.76. The van der Waals surface area contributed by atoms with Gasteiger partial charge >= 0.3 is 0 Å². The number of hydrogen-bond donors (Lipinski definition) is 2. The molecule has 1 rings (SSSR count). The monoisotopic (exact) mass is 243 g/mol. The van der Waals surface area contributed by atoms with Crippen LogP contribution in [0.4, 0.5) is 0 Å². The molecule has 0 aromatic rings. The molecule has 1 aliphatic rings. The maximum absolute atomic E-state index is 11.6. The summed E-state index contributed by atoms with van der Waals surface area (Å²) in [5, 5.41) is 6.22. The van der Waals surface area contributed by atoms with Crippen LogP contribution in [0, 0.1) is 0 Å². The molecule has 17 heavy (non-hydrogen) atoms. The highest BCUT2D eigenvalue weighted by Gasteiger charge is 2.25. The van der Waals surface area contributed by atoms with E-state index in [4.69, 9.17) is 4.74 Å². The number of carbonyl (C=O) groups excluding carboxylic acids is 1. The first-order valence-electron chi connectivity index (χ1n) is 6.34. The molecule has 0 aromatic carbocycles. The number of likely N-dealkylation sites (N-methyl/N-ethyl adjacent to an activating group) is 1. The van der Waals surface area contributed by atoms with Crippen molar-refractivity contribution in [1.82, 2.24) is 15.5 Å². The largest absolute Gasteiger partial charge is 0.383 e. The Balaban J connectivity index is 2.01. The fourth-order valence-corrected chi connectivity index (χ4v) is 1.48. The summed E-state index contributed by atoms with van der Waals surface area (Å²) in [5.74, 6) is 0.118. The molecular formula is C12H25N3O2. The summed E-state index contributed by atoms with van der Waals surface area (Å²) < 4.78 is 5.00. The molecule has 0 aromatic heterocycles. The average Bonchev–Trinajstić information content (AvgIpc) is 3.10. The van der Waals surface area contributed by atoms with Crippen molar-refractivity contribution in [3.8, 4) is 0 Å². The summed E-state index contributed by atoms with van der Waals surface area (Å²) in [4.78, 5) is 13.8. The van der Waals surface area contributed by atoms with E-state index in [9.17, 15) is 4.79 Å². The van der Waals surface area contributed by atoms with Gasteiger partial charge in [-0.3, -0.25) is 4.79 Å². The average molecular weight is 243 g/mol. The van der Waals surface area contributed by atoms with Crippen molar-refractivity contribution < 1.29 is 9.53 Å². The first-order chi connectivity index (χ1) is 8.13. The van der Waals surface area contributed by atoms with Gasteiger partial charge < -0.3 is 20.3 Å². The highest BCUT2D eigenvalue weighted by Crippen LogP contribution is 2.18. The number of rotatable bonds is 9. The van der Waals surface area contributed by atoms with Crippen molar-refractivity contribution in [2.45, 2.75) is 31.8 Å². The zero-order valence-electron chi connectivity index (χ0n) is 11.2. The Labute approximate surface area is 104 Å². The fraction of sp³-hybridized carbons (Fsp3) is 0.917. The Morgan fingerprint density at radius 3 is 2.76 bits per heavy atom. The predicted molar refractivity (Wildman–Crippen MR) is 68.0 cm³/mol. The quantitative estimate of drug-likeness (QED) is 0.590. The smallest absolute Gasteiger partial charge is 0.237 e. The van der Waals surface area contributed by atoms with Crippen molar-refractivity contribution in [2.24, 2.45) is 0 Å². The van der Waals surface area contributed by atoms with Gasteiger partial charge in [0.25, 0.3) is 0 Å². The van der Waals surface area contributed by atoms with E-state index in [0.29, 0.717) is 6.04 Å². The molecule has 0 radical (unpaired) electrons. The van der Waals surface area contributed by atoms with Crippen molar-refractivity contribution >= 4 is 5.91 Å². The topological polar surface area (TPSA) is 53.6 Å². The molecule has 2 N–H and O–H groups in total. The molecule has 1 aliphatic carbocycles. The fourth-order valence-electron chi connectivity index (χ4n) is 1.48. The lowest BCUT2D eigenvalue weighted by Gasteiger charge is -2.18. The van der Waals surface area contributed by atoms with Crippen LogP contribution in [0.3, 0.4) is 0 Å². The normalized spacial score (nSPS) is 17.2. The van der Waals surface area contributed by atoms with Crippen LogP contribution in [0.1, 0.15) is 19.8 Å². The minimum absolute atomic E-state index is 0.105. The maximum atomic E-state index is 11.6. The lowest BCUT2D eigenvalue weighted by molar-refractivity contribution is -0.122. The zero-order chi connectivity index (χ0) is 12.7. The van der Waals surface area contributed by atoms with Crippen molar-refractivity contribution in [3.63, 3.8) is 0 Å². The van der Waals surface area contributed by atoms with Crippen LogP contribution in [0.25, 0.3) is 0 Å². The Morgan fingerprint density at radius 1 is 1.47 bits per heavy atom. The van der Waals surface area contributed by atoms with E-state index in [1.54, 1.807) is 7.11 Å². The molecule has 1 saturated carbocycles. The first kappa shape index (κ1) is 14.4. The number of carbonyl (C=O) groups is 1. The minimum Gasteiger partial charge on any atom is -0.383 e. The zero-order valence-corrected chi connectivity index (χ0v) is 11.2. The van der Waals surface area contributed by atoms with E-state index >= 15 is 0 Å². The number of amides is 1. The van der Waals surface area contributed by atoms with Crippen molar-refractivity contribution in [1.29, 1.82) is 0 Å². The third kappa shape index (κ3) is 6.61. The third-order valence-corrected chi connectivity index (χ3v) is 2.94. The van der Waals surface area contributed by atoms with E-state index in [0.717, 1.165) is 39.1 Å². The summed E-state index contributed by atoms with van der Waals surface area (Å²) in [5.41, 5.74) is 0. The van der Waals surface area contributed by atoms with Gasteiger partial charge in [0.05, 0.1) is 12.6 Å². The molecule has 1 unspecified atom stereocenters. The van der Waals surface area contributed by atoms with Gasteiger partial charge in [-0.15, -0.1) is 0 Å². The van der Waals surface area contributed by atoms with Gasteiger partial charge in [-0.2, -0.15) is 0 Å². The van der Waals surface area contributed by atoms with Gasteiger partial charge in [0.2, 0.25) is 5.91 Å². The maximum Gasteiger partial charge on any atom is 0.237 e. The Morgan fingerprint density at radius 2 is 2.18 bits per heavy atom. The molecule has 0 aliphatic heterocycles. The van der Waals surface area contributed by atoms with Crippen LogP contribution in [-0.4, -0.2) is 63.3 Å². The summed E-state index contributed by atoms with van der Waals surface area (Å²) in [6.07, 6.45) is 2.27. The van der Waals surface area contributed by atoms with E-state index in [-0.39, 0.29) is 11.9 Å². The summed E-state index contributed by atoms with van der Waals surface area (Å²) >= 11 is 0. The molecule has 5 heteroatoms. The second-order valence-corrected chi connectivity index (χ2v) is 4.75. The first-order valence-corrected chi connectivity index (χ1v) is 6.34. The number of methoxy groups -OCH3 is 1.